The van der Waals surface area contributed by atoms with Gasteiger partial charge in [0, 0.05) is 22.7 Å². The largest absolute Gasteiger partial charge is 0.314 e. The Bertz CT molecular complexity index is 435. The molecule has 0 fully saturated rings. The van der Waals surface area contributed by atoms with Gasteiger partial charge in [-0.2, -0.15) is 0 Å². The first-order chi connectivity index (χ1) is 8.93. The van der Waals surface area contributed by atoms with Crippen LogP contribution in [0, 0.1) is 16.0 Å². The molecule has 1 aromatic carbocycles. The smallest absolute Gasteiger partial charge is 0.272 e. The van der Waals surface area contributed by atoms with E-state index < -0.39 is 0 Å². The Balaban J connectivity index is 2.93. The highest BCUT2D eigenvalue weighted by molar-refractivity contribution is 6.30. The van der Waals surface area contributed by atoms with Crippen LogP contribution in [0.3, 0.4) is 0 Å². The van der Waals surface area contributed by atoms with Crippen LogP contribution in [-0.2, 0) is 6.42 Å². The maximum Gasteiger partial charge on any atom is 0.272 e. The average Bonchev–Trinajstić information content (AvgIpc) is 2.27. The van der Waals surface area contributed by atoms with Crippen molar-refractivity contribution in [3.8, 4) is 0 Å². The summed E-state index contributed by atoms with van der Waals surface area (Å²) in [5, 5.41) is 15.0. The molecule has 4 nitrogen and oxygen atoms in total. The molecule has 0 aliphatic rings. The van der Waals surface area contributed by atoms with Crippen molar-refractivity contribution >= 4 is 17.3 Å². The Kier molecular flexibility index (Phi) is 6.25. The van der Waals surface area contributed by atoms with Crippen molar-refractivity contribution in [1.29, 1.82) is 0 Å². The Morgan fingerprint density at radius 3 is 2.63 bits per heavy atom. The number of likely N-dealkylation sites (N-methyl/N-ethyl adjacent to an activating group) is 1. The van der Waals surface area contributed by atoms with E-state index in [9.17, 15) is 10.1 Å². The molecule has 0 saturated carbocycles. The lowest BCUT2D eigenvalue weighted by Crippen LogP contribution is -2.32. The van der Waals surface area contributed by atoms with E-state index in [0.717, 1.165) is 13.0 Å². The van der Waals surface area contributed by atoms with Gasteiger partial charge >= 0.3 is 0 Å². The minimum Gasteiger partial charge on any atom is -0.314 e. The lowest BCUT2D eigenvalue weighted by Gasteiger charge is -2.20. The van der Waals surface area contributed by atoms with Crippen LogP contribution in [0.5, 0.6) is 0 Å². The van der Waals surface area contributed by atoms with Gasteiger partial charge in [-0.25, -0.2) is 0 Å². The molecule has 0 amide bonds. The zero-order chi connectivity index (χ0) is 14.4. The van der Waals surface area contributed by atoms with Crippen LogP contribution in [0.2, 0.25) is 5.02 Å². The topological polar surface area (TPSA) is 55.2 Å². The van der Waals surface area contributed by atoms with Gasteiger partial charge in [0.2, 0.25) is 0 Å². The number of rotatable bonds is 7. The van der Waals surface area contributed by atoms with E-state index in [-0.39, 0.29) is 16.7 Å². The first-order valence-electron chi connectivity index (χ1n) is 6.60. The lowest BCUT2D eigenvalue weighted by molar-refractivity contribution is -0.385. The number of nitrogens with one attached hydrogen (secondary N) is 1. The summed E-state index contributed by atoms with van der Waals surface area (Å²) in [7, 11) is 0. The van der Waals surface area contributed by atoms with E-state index in [1.54, 1.807) is 12.1 Å². The fourth-order valence-corrected chi connectivity index (χ4v) is 2.45. The zero-order valence-electron chi connectivity index (χ0n) is 11.6. The summed E-state index contributed by atoms with van der Waals surface area (Å²) < 4.78 is 0. The van der Waals surface area contributed by atoms with E-state index in [4.69, 9.17) is 11.6 Å². The quantitative estimate of drug-likeness (QED) is 0.612. The number of hydrogen-bond acceptors (Lipinski definition) is 3. The number of nitrogens with zero attached hydrogens (tertiary/aromatic N) is 1. The maximum atomic E-state index is 11.0. The van der Waals surface area contributed by atoms with Crippen molar-refractivity contribution in [2.75, 3.05) is 6.54 Å². The molecular formula is C14H21ClN2O2. The minimum absolute atomic E-state index is 0.149. The van der Waals surface area contributed by atoms with Gasteiger partial charge in [-0.3, -0.25) is 10.1 Å². The van der Waals surface area contributed by atoms with Gasteiger partial charge in [-0.05, 0) is 37.4 Å². The van der Waals surface area contributed by atoms with Crippen LogP contribution >= 0.6 is 11.6 Å². The van der Waals surface area contributed by atoms with Gasteiger partial charge in [0.15, 0.2) is 0 Å². The minimum atomic E-state index is -0.343. The highest BCUT2D eigenvalue weighted by Crippen LogP contribution is 2.25. The van der Waals surface area contributed by atoms with Crippen LogP contribution in [-0.4, -0.2) is 17.5 Å². The molecule has 19 heavy (non-hydrogen) atoms. The molecule has 1 rings (SSSR count). The zero-order valence-corrected chi connectivity index (χ0v) is 12.4. The van der Waals surface area contributed by atoms with Crippen molar-refractivity contribution in [2.45, 2.75) is 39.7 Å². The van der Waals surface area contributed by atoms with Crippen molar-refractivity contribution in [3.63, 3.8) is 0 Å². The molecule has 1 atom stereocenters. The van der Waals surface area contributed by atoms with Gasteiger partial charge in [-0.1, -0.05) is 32.4 Å². The third-order valence-corrected chi connectivity index (χ3v) is 3.19. The molecule has 1 N–H and O–H groups in total. The van der Waals surface area contributed by atoms with Crippen LogP contribution < -0.4 is 5.32 Å². The van der Waals surface area contributed by atoms with Gasteiger partial charge < -0.3 is 5.32 Å². The molecule has 0 heterocycles. The van der Waals surface area contributed by atoms with Crippen molar-refractivity contribution in [1.82, 2.24) is 5.32 Å². The molecule has 0 radical (unpaired) electrons. The summed E-state index contributed by atoms with van der Waals surface area (Å²) in [6.45, 7) is 7.19. The van der Waals surface area contributed by atoms with E-state index >= 15 is 0 Å². The van der Waals surface area contributed by atoms with E-state index in [2.05, 4.69) is 19.2 Å². The van der Waals surface area contributed by atoms with Crippen LogP contribution in [0.4, 0.5) is 5.69 Å². The second-order valence-corrected chi connectivity index (χ2v) is 5.55. The molecule has 1 unspecified atom stereocenters. The molecular weight excluding hydrogens is 264 g/mol. The monoisotopic (exact) mass is 284 g/mol. The third kappa shape index (κ3) is 5.17. The van der Waals surface area contributed by atoms with Crippen LogP contribution in [0.25, 0.3) is 0 Å². The Morgan fingerprint density at radius 1 is 1.42 bits per heavy atom. The predicted molar refractivity (Wildman–Crippen MR) is 78.7 cm³/mol. The van der Waals surface area contributed by atoms with Gasteiger partial charge in [0.05, 0.1) is 4.92 Å². The Morgan fingerprint density at radius 2 is 2.11 bits per heavy atom. The normalized spacial score (nSPS) is 12.7. The average molecular weight is 285 g/mol. The summed E-state index contributed by atoms with van der Waals surface area (Å²) in [6, 6.07) is 4.98. The molecule has 0 bridgehead atoms. The molecule has 0 aliphatic heterocycles. The third-order valence-electron chi connectivity index (χ3n) is 2.95. The lowest BCUT2D eigenvalue weighted by atomic mass is 9.96. The number of halogens is 1. The Labute approximate surface area is 119 Å². The molecule has 0 aliphatic carbocycles. The van der Waals surface area contributed by atoms with Crippen molar-refractivity contribution in [3.05, 3.63) is 38.9 Å². The summed E-state index contributed by atoms with van der Waals surface area (Å²) in [6.07, 6.45) is 1.61. The predicted octanol–water partition coefficient (Wildman–Crippen LogP) is 3.81. The van der Waals surface area contributed by atoms with Crippen LogP contribution in [0.1, 0.15) is 32.8 Å². The molecule has 0 saturated heterocycles. The molecule has 0 spiro atoms. The maximum absolute atomic E-state index is 11.0. The van der Waals surface area contributed by atoms with E-state index in [0.29, 0.717) is 22.9 Å². The van der Waals surface area contributed by atoms with Crippen molar-refractivity contribution in [2.24, 2.45) is 5.92 Å². The SMILES string of the molecule is CCNC(Cc1cc(Cl)ccc1[N+](=O)[O-])CC(C)C. The molecule has 0 aromatic heterocycles. The molecule has 106 valence electrons. The summed E-state index contributed by atoms with van der Waals surface area (Å²) in [4.78, 5) is 10.7. The van der Waals surface area contributed by atoms with E-state index in [1.165, 1.54) is 6.07 Å². The summed E-state index contributed by atoms with van der Waals surface area (Å²) in [5.74, 6) is 0.544. The van der Waals surface area contributed by atoms with Crippen LogP contribution in [0.15, 0.2) is 18.2 Å². The second-order valence-electron chi connectivity index (χ2n) is 5.12. The number of nitro benzene ring substituents is 1. The van der Waals surface area contributed by atoms with Gasteiger partial charge in [0.1, 0.15) is 0 Å². The number of benzene rings is 1. The fourth-order valence-electron chi connectivity index (χ4n) is 2.26. The second kappa shape index (κ2) is 7.46. The first-order valence-corrected chi connectivity index (χ1v) is 6.98. The number of nitro groups is 1. The highest BCUT2D eigenvalue weighted by Gasteiger charge is 2.18. The highest BCUT2D eigenvalue weighted by atomic mass is 35.5. The standard InChI is InChI=1S/C14H21ClN2O2/c1-4-16-13(7-10(2)3)9-11-8-12(15)5-6-14(11)17(18)19/h5-6,8,10,13,16H,4,7,9H2,1-3H3. The Hall–Kier alpha value is -1.13. The van der Waals surface area contributed by atoms with E-state index in [1.807, 2.05) is 6.92 Å². The van der Waals surface area contributed by atoms with Crippen molar-refractivity contribution < 1.29 is 4.92 Å². The molecule has 1 aromatic rings. The fraction of sp³-hybridized carbons (Fsp3) is 0.571. The summed E-state index contributed by atoms with van der Waals surface area (Å²) >= 11 is 5.94. The first kappa shape index (κ1) is 15.9. The summed E-state index contributed by atoms with van der Waals surface area (Å²) in [5.41, 5.74) is 0.847. The number of hydrogen-bond donors (Lipinski definition) is 1. The van der Waals surface area contributed by atoms with Gasteiger partial charge in [-0.15, -0.1) is 0 Å². The molecule has 5 heteroatoms. The van der Waals surface area contributed by atoms with Gasteiger partial charge in [0.25, 0.3) is 5.69 Å².